The number of aldehydes is 1. The first-order chi connectivity index (χ1) is 8.29. The van der Waals surface area contributed by atoms with Gasteiger partial charge < -0.3 is 9.32 Å². The predicted molar refractivity (Wildman–Crippen MR) is 67.9 cm³/mol. The van der Waals surface area contributed by atoms with Crippen LogP contribution >= 0.6 is 11.3 Å². The fourth-order valence-electron chi connectivity index (χ4n) is 2.37. The van der Waals surface area contributed by atoms with Crippen LogP contribution in [0.2, 0.25) is 0 Å². The van der Waals surface area contributed by atoms with Gasteiger partial charge in [-0.25, -0.2) is 0 Å². The maximum atomic E-state index is 10.6. The Balaban J connectivity index is 1.93. The zero-order chi connectivity index (χ0) is 11.8. The largest absolute Gasteiger partial charge is 0.438 e. The molecule has 0 N–H and O–H groups in total. The Morgan fingerprint density at radius 1 is 1.47 bits per heavy atom. The fraction of sp³-hybridized carbons (Fsp3) is 0.308. The van der Waals surface area contributed by atoms with Crippen LogP contribution in [0.3, 0.4) is 0 Å². The molecule has 0 saturated heterocycles. The summed E-state index contributed by atoms with van der Waals surface area (Å²) in [5.41, 5.74) is 1.38. The molecule has 3 nitrogen and oxygen atoms in total. The lowest BCUT2D eigenvalue weighted by molar-refractivity contribution is 0.110. The molecule has 4 heteroatoms. The first-order valence-corrected chi connectivity index (χ1v) is 6.55. The summed E-state index contributed by atoms with van der Waals surface area (Å²) in [4.78, 5) is 14.3. The smallest absolute Gasteiger partial charge is 0.196 e. The van der Waals surface area contributed by atoms with E-state index in [1.807, 2.05) is 17.4 Å². The number of carbonyl (C=O) groups excluding carboxylic acids is 1. The Hall–Kier alpha value is -1.55. The summed E-state index contributed by atoms with van der Waals surface area (Å²) in [6.45, 7) is 3.12. The summed E-state index contributed by atoms with van der Waals surface area (Å²) >= 11 is 1.82. The number of hydrogen-bond acceptors (Lipinski definition) is 4. The number of rotatable bonds is 2. The maximum absolute atomic E-state index is 10.6. The number of carbonyl (C=O) groups is 1. The van der Waals surface area contributed by atoms with Crippen LogP contribution in [0.25, 0.3) is 0 Å². The minimum absolute atomic E-state index is 0.315. The molecule has 0 aliphatic carbocycles. The summed E-state index contributed by atoms with van der Waals surface area (Å²) in [5, 5.41) is 2.14. The van der Waals surface area contributed by atoms with Gasteiger partial charge in [0.25, 0.3) is 0 Å². The molecule has 1 aliphatic heterocycles. The van der Waals surface area contributed by atoms with E-state index in [0.717, 1.165) is 25.1 Å². The van der Waals surface area contributed by atoms with E-state index in [1.165, 1.54) is 10.4 Å². The Morgan fingerprint density at radius 3 is 3.12 bits per heavy atom. The van der Waals surface area contributed by atoms with Crippen molar-refractivity contribution in [3.8, 4) is 0 Å². The van der Waals surface area contributed by atoms with Gasteiger partial charge in [-0.2, -0.15) is 0 Å². The van der Waals surface area contributed by atoms with E-state index in [-0.39, 0.29) is 0 Å². The molecule has 0 fully saturated rings. The van der Waals surface area contributed by atoms with E-state index >= 15 is 0 Å². The van der Waals surface area contributed by atoms with E-state index < -0.39 is 0 Å². The molecule has 0 bridgehead atoms. The van der Waals surface area contributed by atoms with E-state index in [4.69, 9.17) is 4.42 Å². The standard InChI is InChI=1S/C13H13NO2S/c1-9-11-5-7-17-12(11)4-6-14(9)13-3-2-10(8-15)16-13/h2-3,5,7-9H,4,6H2,1H3. The molecule has 0 aromatic carbocycles. The zero-order valence-electron chi connectivity index (χ0n) is 9.55. The van der Waals surface area contributed by atoms with Crippen molar-refractivity contribution in [2.45, 2.75) is 19.4 Å². The van der Waals surface area contributed by atoms with Crippen molar-refractivity contribution >= 4 is 23.5 Å². The Kier molecular flexibility index (Phi) is 2.52. The first-order valence-electron chi connectivity index (χ1n) is 5.67. The molecule has 2 aromatic rings. The number of fused-ring (bicyclic) bond motifs is 1. The third-order valence-electron chi connectivity index (χ3n) is 3.29. The molecular formula is C13H13NO2S. The van der Waals surface area contributed by atoms with Crippen LogP contribution in [-0.4, -0.2) is 12.8 Å². The van der Waals surface area contributed by atoms with Gasteiger partial charge in [0, 0.05) is 17.5 Å². The van der Waals surface area contributed by atoms with Crippen LogP contribution in [0.4, 0.5) is 5.88 Å². The molecule has 2 aromatic heterocycles. The lowest BCUT2D eigenvalue weighted by atomic mass is 10.0. The third-order valence-corrected chi connectivity index (χ3v) is 4.29. The van der Waals surface area contributed by atoms with Crippen molar-refractivity contribution in [2.24, 2.45) is 0 Å². The highest BCUT2D eigenvalue weighted by atomic mass is 32.1. The van der Waals surface area contributed by atoms with Gasteiger partial charge >= 0.3 is 0 Å². The molecular weight excluding hydrogens is 234 g/mol. The van der Waals surface area contributed by atoms with Gasteiger partial charge in [-0.1, -0.05) is 0 Å². The molecule has 1 unspecified atom stereocenters. The van der Waals surface area contributed by atoms with Crippen molar-refractivity contribution in [3.05, 3.63) is 39.8 Å². The lowest BCUT2D eigenvalue weighted by Gasteiger charge is -2.33. The number of anilines is 1. The minimum atomic E-state index is 0.315. The van der Waals surface area contributed by atoms with Crippen LogP contribution in [0.15, 0.2) is 28.0 Å². The van der Waals surface area contributed by atoms with Crippen molar-refractivity contribution < 1.29 is 9.21 Å². The maximum Gasteiger partial charge on any atom is 0.196 e. The van der Waals surface area contributed by atoms with E-state index in [0.29, 0.717) is 11.8 Å². The quantitative estimate of drug-likeness (QED) is 0.764. The number of thiophene rings is 1. The second-order valence-electron chi connectivity index (χ2n) is 4.21. The molecule has 1 aliphatic rings. The zero-order valence-corrected chi connectivity index (χ0v) is 10.4. The number of hydrogen-bond donors (Lipinski definition) is 0. The van der Waals surface area contributed by atoms with Crippen molar-refractivity contribution in [1.82, 2.24) is 0 Å². The summed E-state index contributed by atoms with van der Waals surface area (Å²) in [5.74, 6) is 1.18. The van der Waals surface area contributed by atoms with E-state index in [1.54, 1.807) is 6.07 Å². The van der Waals surface area contributed by atoms with Crippen LogP contribution in [0.5, 0.6) is 0 Å². The second kappa shape index (κ2) is 4.04. The van der Waals surface area contributed by atoms with Gasteiger partial charge in [-0.05, 0) is 36.4 Å². The van der Waals surface area contributed by atoms with E-state index in [2.05, 4.69) is 23.3 Å². The monoisotopic (exact) mass is 247 g/mol. The highest BCUT2D eigenvalue weighted by Crippen LogP contribution is 2.36. The highest BCUT2D eigenvalue weighted by molar-refractivity contribution is 7.10. The van der Waals surface area contributed by atoms with Crippen LogP contribution in [0, 0.1) is 0 Å². The third kappa shape index (κ3) is 1.69. The normalized spacial score (nSPS) is 19.1. The molecule has 17 heavy (non-hydrogen) atoms. The first kappa shape index (κ1) is 10.6. The van der Waals surface area contributed by atoms with Gasteiger partial charge in [0.2, 0.25) is 0 Å². The van der Waals surface area contributed by atoms with Gasteiger partial charge in [0.15, 0.2) is 17.9 Å². The predicted octanol–water partition coefficient (Wildman–Crippen LogP) is 3.28. The van der Waals surface area contributed by atoms with Crippen LogP contribution < -0.4 is 4.90 Å². The highest BCUT2D eigenvalue weighted by Gasteiger charge is 2.26. The fourth-order valence-corrected chi connectivity index (χ4v) is 3.33. The Labute approximate surface area is 104 Å². The molecule has 3 rings (SSSR count). The SMILES string of the molecule is CC1c2ccsc2CCN1c1ccc(C=O)o1. The van der Waals surface area contributed by atoms with Gasteiger partial charge in [-0.15, -0.1) is 11.3 Å². The minimum Gasteiger partial charge on any atom is -0.438 e. The molecule has 0 spiro atoms. The second-order valence-corrected chi connectivity index (χ2v) is 5.21. The van der Waals surface area contributed by atoms with Crippen LogP contribution in [0.1, 0.15) is 34.0 Å². The van der Waals surface area contributed by atoms with Gasteiger partial charge in [0.1, 0.15) is 0 Å². The van der Waals surface area contributed by atoms with Crippen molar-refractivity contribution in [1.29, 1.82) is 0 Å². The molecule has 0 radical (unpaired) electrons. The molecule has 88 valence electrons. The summed E-state index contributed by atoms with van der Waals surface area (Å²) in [6, 6.07) is 6.09. The lowest BCUT2D eigenvalue weighted by Crippen LogP contribution is -2.32. The average Bonchev–Trinajstić information content (AvgIpc) is 2.97. The molecule has 3 heterocycles. The van der Waals surface area contributed by atoms with Crippen molar-refractivity contribution in [3.63, 3.8) is 0 Å². The number of nitrogens with zero attached hydrogens (tertiary/aromatic N) is 1. The Morgan fingerprint density at radius 2 is 2.35 bits per heavy atom. The molecule has 0 saturated carbocycles. The summed E-state index contributed by atoms with van der Waals surface area (Å²) < 4.78 is 5.50. The number of furan rings is 1. The van der Waals surface area contributed by atoms with Gasteiger partial charge in [-0.3, -0.25) is 4.79 Å². The van der Waals surface area contributed by atoms with E-state index in [9.17, 15) is 4.79 Å². The van der Waals surface area contributed by atoms with Crippen LogP contribution in [-0.2, 0) is 6.42 Å². The molecule has 0 amide bonds. The topological polar surface area (TPSA) is 33.5 Å². The van der Waals surface area contributed by atoms with Gasteiger partial charge in [0.05, 0.1) is 6.04 Å². The summed E-state index contributed by atoms with van der Waals surface area (Å²) in [6.07, 6.45) is 1.79. The average molecular weight is 247 g/mol. The molecule has 1 atom stereocenters. The van der Waals surface area contributed by atoms with Crippen molar-refractivity contribution in [2.75, 3.05) is 11.4 Å². The summed E-state index contributed by atoms with van der Waals surface area (Å²) in [7, 11) is 0. The Bertz CT molecular complexity index is 543.